The number of rotatable bonds is 5. The van der Waals surface area contributed by atoms with E-state index in [1.165, 1.54) is 11.1 Å². The van der Waals surface area contributed by atoms with Crippen molar-refractivity contribution in [3.8, 4) is 0 Å². The molecule has 1 heterocycles. The Bertz CT molecular complexity index is 551. The lowest BCUT2D eigenvalue weighted by molar-refractivity contribution is 0.0569. The molecule has 1 aromatic carbocycles. The van der Waals surface area contributed by atoms with Gasteiger partial charge in [0, 0.05) is 18.6 Å². The lowest BCUT2D eigenvalue weighted by Gasteiger charge is -2.32. The molecule has 21 heavy (non-hydrogen) atoms. The van der Waals surface area contributed by atoms with Crippen LogP contribution in [-0.2, 0) is 21.2 Å². The van der Waals surface area contributed by atoms with E-state index in [2.05, 4.69) is 29.0 Å². The summed E-state index contributed by atoms with van der Waals surface area (Å²) in [4.78, 5) is 0. The fourth-order valence-electron chi connectivity index (χ4n) is 2.82. The normalized spacial score (nSPS) is 23.4. The van der Waals surface area contributed by atoms with Gasteiger partial charge in [0.05, 0.1) is 11.9 Å². The third kappa shape index (κ3) is 4.53. The first-order valence-corrected chi connectivity index (χ1v) is 9.07. The maximum Gasteiger partial charge on any atom is 0.215 e. The van der Waals surface area contributed by atoms with Gasteiger partial charge >= 0.3 is 0 Å². The van der Waals surface area contributed by atoms with E-state index in [-0.39, 0.29) is 17.2 Å². The molecule has 0 aliphatic carbocycles. The van der Waals surface area contributed by atoms with Crippen molar-refractivity contribution in [1.82, 2.24) is 4.72 Å². The van der Waals surface area contributed by atoms with E-state index in [0.717, 1.165) is 6.42 Å². The summed E-state index contributed by atoms with van der Waals surface area (Å²) in [6.45, 7) is 6.79. The van der Waals surface area contributed by atoms with Gasteiger partial charge in [0.15, 0.2) is 0 Å². The van der Waals surface area contributed by atoms with E-state index in [1.807, 2.05) is 20.8 Å². The Morgan fingerprint density at radius 3 is 2.57 bits per heavy atom. The van der Waals surface area contributed by atoms with Gasteiger partial charge < -0.3 is 4.74 Å². The Hall–Kier alpha value is -0.910. The zero-order chi connectivity index (χ0) is 15.5. The largest absolute Gasteiger partial charge is 0.381 e. The third-order valence-corrected chi connectivity index (χ3v) is 6.04. The van der Waals surface area contributed by atoms with E-state index in [9.17, 15) is 8.42 Å². The van der Waals surface area contributed by atoms with E-state index < -0.39 is 10.0 Å². The van der Waals surface area contributed by atoms with Gasteiger partial charge in [0.1, 0.15) is 0 Å². The molecule has 1 aliphatic rings. The van der Waals surface area contributed by atoms with Crippen LogP contribution in [0.5, 0.6) is 0 Å². The molecule has 1 N–H and O–H groups in total. The van der Waals surface area contributed by atoms with Crippen LogP contribution in [-0.4, -0.2) is 32.9 Å². The molecule has 118 valence electrons. The fraction of sp³-hybridized carbons (Fsp3) is 0.625. The molecule has 0 spiro atoms. The smallest absolute Gasteiger partial charge is 0.215 e. The lowest BCUT2D eigenvalue weighted by atomic mass is 9.93. The van der Waals surface area contributed by atoms with Crippen molar-refractivity contribution in [3.63, 3.8) is 0 Å². The SMILES string of the molecule is Cc1ccc(C[C@@H]2COCC[C@@H]2S(=O)(=O)NC(C)C)cc1. The predicted octanol–water partition coefficient (Wildman–Crippen LogP) is 2.27. The van der Waals surface area contributed by atoms with Gasteiger partial charge in [-0.25, -0.2) is 13.1 Å². The van der Waals surface area contributed by atoms with E-state index in [4.69, 9.17) is 4.74 Å². The van der Waals surface area contributed by atoms with Crippen LogP contribution in [0.2, 0.25) is 0 Å². The summed E-state index contributed by atoms with van der Waals surface area (Å²) < 4.78 is 33.2. The minimum absolute atomic E-state index is 0.0118. The summed E-state index contributed by atoms with van der Waals surface area (Å²) >= 11 is 0. The Balaban J connectivity index is 2.13. The zero-order valence-electron chi connectivity index (χ0n) is 13.0. The summed E-state index contributed by atoms with van der Waals surface area (Å²) in [5.41, 5.74) is 2.38. The highest BCUT2D eigenvalue weighted by atomic mass is 32.2. The highest BCUT2D eigenvalue weighted by molar-refractivity contribution is 7.90. The van der Waals surface area contributed by atoms with Gasteiger partial charge in [-0.05, 0) is 39.2 Å². The molecule has 0 aromatic heterocycles. The number of sulfonamides is 1. The van der Waals surface area contributed by atoms with Gasteiger partial charge in [-0.3, -0.25) is 0 Å². The van der Waals surface area contributed by atoms with Crippen molar-refractivity contribution in [2.45, 2.75) is 44.9 Å². The molecule has 0 radical (unpaired) electrons. The van der Waals surface area contributed by atoms with Gasteiger partial charge in [-0.15, -0.1) is 0 Å². The molecule has 0 bridgehead atoms. The summed E-state index contributed by atoms with van der Waals surface area (Å²) in [5, 5.41) is -0.366. The maximum atomic E-state index is 12.5. The molecular weight excluding hydrogens is 286 g/mol. The summed E-state index contributed by atoms with van der Waals surface area (Å²) in [6, 6.07) is 8.20. The first-order valence-electron chi connectivity index (χ1n) is 7.53. The van der Waals surface area contributed by atoms with Crippen LogP contribution in [0.1, 0.15) is 31.4 Å². The first-order chi connectivity index (χ1) is 9.88. The average molecular weight is 311 g/mol. The molecule has 0 saturated carbocycles. The zero-order valence-corrected chi connectivity index (χ0v) is 13.8. The monoisotopic (exact) mass is 311 g/mol. The second-order valence-electron chi connectivity index (χ2n) is 6.17. The molecule has 2 atom stereocenters. The number of ether oxygens (including phenoxy) is 1. The number of aryl methyl sites for hydroxylation is 1. The molecular formula is C16H25NO3S. The summed E-state index contributed by atoms with van der Waals surface area (Å²) in [6.07, 6.45) is 1.31. The highest BCUT2D eigenvalue weighted by Gasteiger charge is 2.36. The van der Waals surface area contributed by atoms with Crippen LogP contribution >= 0.6 is 0 Å². The van der Waals surface area contributed by atoms with Crippen molar-refractivity contribution in [1.29, 1.82) is 0 Å². The van der Waals surface area contributed by atoms with Crippen LogP contribution in [0.15, 0.2) is 24.3 Å². The van der Waals surface area contributed by atoms with Crippen molar-refractivity contribution in [2.75, 3.05) is 13.2 Å². The number of hydrogen-bond acceptors (Lipinski definition) is 3. The van der Waals surface area contributed by atoms with Crippen molar-refractivity contribution >= 4 is 10.0 Å². The van der Waals surface area contributed by atoms with Crippen molar-refractivity contribution in [3.05, 3.63) is 35.4 Å². The molecule has 1 aromatic rings. The van der Waals surface area contributed by atoms with Gasteiger partial charge in [0.2, 0.25) is 10.0 Å². The summed E-state index contributed by atoms with van der Waals surface area (Å²) in [5.74, 6) is 0.0118. The van der Waals surface area contributed by atoms with Crippen LogP contribution in [0.3, 0.4) is 0 Å². The lowest BCUT2D eigenvalue weighted by Crippen LogP contribution is -2.46. The molecule has 1 saturated heterocycles. The van der Waals surface area contributed by atoms with Gasteiger partial charge in [0.25, 0.3) is 0 Å². The van der Waals surface area contributed by atoms with Crippen LogP contribution in [0.25, 0.3) is 0 Å². The van der Waals surface area contributed by atoms with Crippen LogP contribution < -0.4 is 4.72 Å². The molecule has 2 rings (SSSR count). The minimum Gasteiger partial charge on any atom is -0.381 e. The Morgan fingerprint density at radius 2 is 1.95 bits per heavy atom. The third-order valence-electron chi connectivity index (χ3n) is 3.82. The second kappa shape index (κ2) is 6.90. The molecule has 0 amide bonds. The molecule has 1 aliphatic heterocycles. The van der Waals surface area contributed by atoms with Crippen molar-refractivity contribution in [2.24, 2.45) is 5.92 Å². The highest BCUT2D eigenvalue weighted by Crippen LogP contribution is 2.25. The predicted molar refractivity (Wildman–Crippen MR) is 84.8 cm³/mol. The quantitative estimate of drug-likeness (QED) is 0.907. The number of nitrogens with one attached hydrogen (secondary N) is 1. The first kappa shape index (κ1) is 16.5. The van der Waals surface area contributed by atoms with Crippen LogP contribution in [0, 0.1) is 12.8 Å². The van der Waals surface area contributed by atoms with Gasteiger partial charge in [-0.1, -0.05) is 29.8 Å². The minimum atomic E-state index is -3.29. The molecule has 5 heteroatoms. The number of benzene rings is 1. The Kier molecular flexibility index (Phi) is 5.41. The second-order valence-corrected chi connectivity index (χ2v) is 8.10. The summed E-state index contributed by atoms with van der Waals surface area (Å²) in [7, 11) is -3.29. The van der Waals surface area contributed by atoms with E-state index in [1.54, 1.807) is 0 Å². The Labute approximate surface area is 127 Å². The molecule has 0 unspecified atom stereocenters. The Morgan fingerprint density at radius 1 is 1.29 bits per heavy atom. The number of hydrogen-bond donors (Lipinski definition) is 1. The van der Waals surface area contributed by atoms with Crippen molar-refractivity contribution < 1.29 is 13.2 Å². The van der Waals surface area contributed by atoms with E-state index >= 15 is 0 Å². The van der Waals surface area contributed by atoms with E-state index in [0.29, 0.717) is 19.6 Å². The molecule has 1 fully saturated rings. The standard InChI is InChI=1S/C16H25NO3S/c1-12(2)17-21(18,19)16-8-9-20-11-15(16)10-14-6-4-13(3)5-7-14/h4-7,12,15-17H,8-11H2,1-3H3/t15-,16+/m1/s1. The fourth-order valence-corrected chi connectivity index (χ4v) is 4.74. The molecule has 4 nitrogen and oxygen atoms in total. The topological polar surface area (TPSA) is 55.4 Å². The van der Waals surface area contributed by atoms with Crippen LogP contribution in [0.4, 0.5) is 0 Å². The maximum absolute atomic E-state index is 12.5. The van der Waals surface area contributed by atoms with Gasteiger partial charge in [-0.2, -0.15) is 0 Å². The average Bonchev–Trinajstić information content (AvgIpc) is 2.40.